The molecule has 16 heavy (non-hydrogen) atoms. The third kappa shape index (κ3) is 2.76. The Bertz CT molecular complexity index is 372. The summed E-state index contributed by atoms with van der Waals surface area (Å²) in [6.07, 6.45) is 4.58. The highest BCUT2D eigenvalue weighted by atomic mass is 79.9. The monoisotopic (exact) mass is 282 g/mol. The molecule has 1 aromatic heterocycles. The number of nitrogens with zero attached hydrogens (tertiary/aromatic N) is 2. The molecule has 1 aliphatic carbocycles. The van der Waals surface area contributed by atoms with Crippen LogP contribution in [-0.2, 0) is 0 Å². The molecule has 0 spiro atoms. The van der Waals surface area contributed by atoms with E-state index in [1.54, 1.807) is 0 Å². The van der Waals surface area contributed by atoms with Gasteiger partial charge in [0.2, 0.25) is 0 Å². The molecular formula is C13H19BrN2. The maximum Gasteiger partial charge on any atom is 0.143 e. The number of anilines is 1. The summed E-state index contributed by atoms with van der Waals surface area (Å²) in [5.74, 6) is 1.79. The summed E-state index contributed by atoms with van der Waals surface area (Å²) in [4.78, 5) is 7.02. The van der Waals surface area contributed by atoms with Crippen LogP contribution in [0.15, 0.2) is 16.7 Å². The average molecular weight is 283 g/mol. The lowest BCUT2D eigenvalue weighted by Gasteiger charge is -2.26. The fourth-order valence-electron chi connectivity index (χ4n) is 1.93. The van der Waals surface area contributed by atoms with E-state index in [0.29, 0.717) is 12.0 Å². The molecule has 0 saturated heterocycles. The zero-order valence-electron chi connectivity index (χ0n) is 10.2. The van der Waals surface area contributed by atoms with Crippen LogP contribution in [0.3, 0.4) is 0 Å². The Labute approximate surface area is 106 Å². The van der Waals surface area contributed by atoms with Crippen LogP contribution in [-0.4, -0.2) is 17.6 Å². The number of pyridine rings is 1. The van der Waals surface area contributed by atoms with Gasteiger partial charge in [0.15, 0.2) is 0 Å². The molecule has 3 heteroatoms. The van der Waals surface area contributed by atoms with E-state index in [2.05, 4.69) is 52.7 Å². The van der Waals surface area contributed by atoms with Crippen LogP contribution < -0.4 is 4.90 Å². The standard InChI is InChI=1S/C13H19BrN2/c1-9(2)8-16(11-4-5-11)13-12(14)6-10(3)7-15-13/h6-7,9,11H,4-5,8H2,1-3H3. The van der Waals surface area contributed by atoms with Gasteiger partial charge in [-0.15, -0.1) is 0 Å². The van der Waals surface area contributed by atoms with Gasteiger partial charge in [0.1, 0.15) is 5.82 Å². The molecule has 0 bridgehead atoms. The smallest absolute Gasteiger partial charge is 0.143 e. The molecule has 1 fully saturated rings. The van der Waals surface area contributed by atoms with Gasteiger partial charge in [0.25, 0.3) is 0 Å². The number of halogens is 1. The SMILES string of the molecule is Cc1cnc(N(CC(C)C)C2CC2)c(Br)c1. The third-order valence-electron chi connectivity index (χ3n) is 2.78. The molecule has 88 valence electrons. The normalized spacial score (nSPS) is 15.6. The van der Waals surface area contributed by atoms with Crippen molar-refractivity contribution in [3.8, 4) is 0 Å². The van der Waals surface area contributed by atoms with E-state index in [4.69, 9.17) is 0 Å². The quantitative estimate of drug-likeness (QED) is 0.836. The first-order chi connectivity index (χ1) is 7.58. The molecular weight excluding hydrogens is 264 g/mol. The number of aryl methyl sites for hydroxylation is 1. The molecule has 1 saturated carbocycles. The van der Waals surface area contributed by atoms with Gasteiger partial charge in [0, 0.05) is 18.8 Å². The second kappa shape index (κ2) is 4.74. The Morgan fingerprint density at radius 2 is 2.19 bits per heavy atom. The number of aromatic nitrogens is 1. The van der Waals surface area contributed by atoms with Gasteiger partial charge in [-0.25, -0.2) is 4.98 Å². The van der Waals surface area contributed by atoms with Gasteiger partial charge in [-0.2, -0.15) is 0 Å². The van der Waals surface area contributed by atoms with Crippen LogP contribution in [0.1, 0.15) is 32.3 Å². The first kappa shape index (κ1) is 11.9. The molecule has 0 unspecified atom stereocenters. The molecule has 0 aliphatic heterocycles. The van der Waals surface area contributed by atoms with E-state index in [1.807, 2.05) is 6.20 Å². The van der Waals surface area contributed by atoms with E-state index < -0.39 is 0 Å². The molecule has 0 aromatic carbocycles. The van der Waals surface area contributed by atoms with E-state index >= 15 is 0 Å². The Hall–Kier alpha value is -0.570. The van der Waals surface area contributed by atoms with Crippen molar-refractivity contribution in [2.24, 2.45) is 5.92 Å². The highest BCUT2D eigenvalue weighted by Gasteiger charge is 2.31. The van der Waals surface area contributed by atoms with Crippen molar-refractivity contribution in [1.82, 2.24) is 4.98 Å². The predicted octanol–water partition coefficient (Wildman–Crippen LogP) is 3.78. The zero-order valence-corrected chi connectivity index (χ0v) is 11.8. The van der Waals surface area contributed by atoms with Crippen molar-refractivity contribution < 1.29 is 0 Å². The maximum absolute atomic E-state index is 4.57. The fourth-order valence-corrected chi connectivity index (χ4v) is 2.62. The fraction of sp³-hybridized carbons (Fsp3) is 0.615. The van der Waals surface area contributed by atoms with Crippen molar-refractivity contribution in [2.75, 3.05) is 11.4 Å². The van der Waals surface area contributed by atoms with Crippen LogP contribution in [0.4, 0.5) is 5.82 Å². The number of rotatable bonds is 4. The summed E-state index contributed by atoms with van der Waals surface area (Å²) < 4.78 is 1.13. The summed E-state index contributed by atoms with van der Waals surface area (Å²) in [6, 6.07) is 2.87. The molecule has 1 heterocycles. The lowest BCUT2D eigenvalue weighted by atomic mass is 10.2. The van der Waals surface area contributed by atoms with Gasteiger partial charge in [0.05, 0.1) is 4.47 Å². The summed E-state index contributed by atoms with van der Waals surface area (Å²) in [6.45, 7) is 7.69. The number of hydrogen-bond donors (Lipinski definition) is 0. The first-order valence-corrected chi connectivity index (χ1v) is 6.76. The Morgan fingerprint density at radius 3 is 2.69 bits per heavy atom. The van der Waals surface area contributed by atoms with E-state index in [1.165, 1.54) is 18.4 Å². The minimum Gasteiger partial charge on any atom is -0.352 e. The van der Waals surface area contributed by atoms with E-state index in [-0.39, 0.29) is 0 Å². The molecule has 0 atom stereocenters. The van der Waals surface area contributed by atoms with Crippen LogP contribution in [0.25, 0.3) is 0 Å². The Kier molecular flexibility index (Phi) is 3.53. The molecule has 1 aliphatic rings. The topological polar surface area (TPSA) is 16.1 Å². The molecule has 0 amide bonds. The number of hydrogen-bond acceptors (Lipinski definition) is 2. The van der Waals surface area contributed by atoms with Crippen LogP contribution in [0.5, 0.6) is 0 Å². The van der Waals surface area contributed by atoms with E-state index in [9.17, 15) is 0 Å². The minimum absolute atomic E-state index is 0.676. The van der Waals surface area contributed by atoms with Crippen molar-refractivity contribution in [3.05, 3.63) is 22.3 Å². The molecule has 1 aromatic rings. The highest BCUT2D eigenvalue weighted by molar-refractivity contribution is 9.10. The second-order valence-electron chi connectivity index (χ2n) is 5.10. The lowest BCUT2D eigenvalue weighted by molar-refractivity contribution is 0.602. The first-order valence-electron chi connectivity index (χ1n) is 5.96. The predicted molar refractivity (Wildman–Crippen MR) is 71.9 cm³/mol. The van der Waals surface area contributed by atoms with Crippen molar-refractivity contribution in [3.63, 3.8) is 0 Å². The molecule has 2 rings (SSSR count). The Balaban J connectivity index is 2.24. The van der Waals surface area contributed by atoms with E-state index in [0.717, 1.165) is 16.8 Å². The van der Waals surface area contributed by atoms with Crippen molar-refractivity contribution in [2.45, 2.75) is 39.7 Å². The van der Waals surface area contributed by atoms with Crippen molar-refractivity contribution >= 4 is 21.7 Å². The van der Waals surface area contributed by atoms with Gasteiger partial charge in [-0.05, 0) is 53.2 Å². The third-order valence-corrected chi connectivity index (χ3v) is 3.36. The largest absolute Gasteiger partial charge is 0.352 e. The van der Waals surface area contributed by atoms with Gasteiger partial charge < -0.3 is 4.90 Å². The summed E-state index contributed by atoms with van der Waals surface area (Å²) in [7, 11) is 0. The lowest BCUT2D eigenvalue weighted by Crippen LogP contribution is -2.30. The zero-order chi connectivity index (χ0) is 11.7. The average Bonchev–Trinajstić information content (AvgIpc) is 2.97. The highest BCUT2D eigenvalue weighted by Crippen LogP contribution is 2.35. The molecule has 2 nitrogen and oxygen atoms in total. The van der Waals surface area contributed by atoms with Crippen LogP contribution >= 0.6 is 15.9 Å². The molecule has 0 radical (unpaired) electrons. The summed E-state index contributed by atoms with van der Waals surface area (Å²) >= 11 is 3.63. The molecule has 0 N–H and O–H groups in total. The van der Waals surface area contributed by atoms with Gasteiger partial charge >= 0.3 is 0 Å². The maximum atomic E-state index is 4.57. The summed E-state index contributed by atoms with van der Waals surface area (Å²) in [5, 5.41) is 0. The second-order valence-corrected chi connectivity index (χ2v) is 5.95. The van der Waals surface area contributed by atoms with Gasteiger partial charge in [-0.3, -0.25) is 0 Å². The van der Waals surface area contributed by atoms with Crippen LogP contribution in [0.2, 0.25) is 0 Å². The van der Waals surface area contributed by atoms with Gasteiger partial charge in [-0.1, -0.05) is 13.8 Å². The minimum atomic E-state index is 0.676. The Morgan fingerprint density at radius 1 is 1.50 bits per heavy atom. The summed E-state index contributed by atoms with van der Waals surface area (Å²) in [5.41, 5.74) is 1.20. The van der Waals surface area contributed by atoms with Crippen molar-refractivity contribution in [1.29, 1.82) is 0 Å². The van der Waals surface area contributed by atoms with Crippen LogP contribution in [0, 0.1) is 12.8 Å².